The van der Waals surface area contributed by atoms with E-state index in [2.05, 4.69) is 6.07 Å². The number of aryl methyl sites for hydroxylation is 2. The Hall–Kier alpha value is -2.65. The van der Waals surface area contributed by atoms with Gasteiger partial charge < -0.3 is 4.74 Å². The number of nitriles is 1. The summed E-state index contributed by atoms with van der Waals surface area (Å²) in [6.45, 7) is 4.50. The van der Waals surface area contributed by atoms with Crippen molar-refractivity contribution < 1.29 is 4.74 Å². The van der Waals surface area contributed by atoms with E-state index in [9.17, 15) is 4.79 Å². The second-order valence-corrected chi connectivity index (χ2v) is 7.44. The molecule has 6 heteroatoms. The van der Waals surface area contributed by atoms with Crippen molar-refractivity contribution >= 4 is 21.6 Å². The molecule has 0 fully saturated rings. The Balaban J connectivity index is 2.07. The summed E-state index contributed by atoms with van der Waals surface area (Å²) in [5, 5.41) is 9.53. The lowest BCUT2D eigenvalue weighted by molar-refractivity contribution is 0.414. The lowest BCUT2D eigenvalue weighted by atomic mass is 10.1. The number of hydrogen-bond acceptors (Lipinski definition) is 5. The van der Waals surface area contributed by atoms with Gasteiger partial charge in [-0.15, -0.1) is 11.3 Å². The number of unbranched alkanes of at least 4 members (excludes halogenated alkanes) is 1. The molecule has 0 atom stereocenters. The van der Waals surface area contributed by atoms with Gasteiger partial charge in [-0.05, 0) is 43.5 Å². The molecule has 0 unspecified atom stereocenters. The molecule has 2 aromatic heterocycles. The minimum absolute atomic E-state index is 0.00157. The number of ether oxygens (including phenoxy) is 1. The van der Waals surface area contributed by atoms with E-state index in [-0.39, 0.29) is 5.56 Å². The van der Waals surface area contributed by atoms with Gasteiger partial charge >= 0.3 is 0 Å². The molecular weight excluding hydrogens is 346 g/mol. The average Bonchev–Trinajstić information content (AvgIpc) is 2.92. The van der Waals surface area contributed by atoms with Crippen LogP contribution in [-0.4, -0.2) is 16.7 Å². The zero-order valence-corrected chi connectivity index (χ0v) is 16.0. The van der Waals surface area contributed by atoms with Crippen molar-refractivity contribution in [3.05, 3.63) is 56.4 Å². The van der Waals surface area contributed by atoms with Gasteiger partial charge in [0.15, 0.2) is 0 Å². The van der Waals surface area contributed by atoms with Crippen molar-refractivity contribution in [1.29, 1.82) is 5.26 Å². The third kappa shape index (κ3) is 3.49. The Bertz CT molecular complexity index is 1030. The Labute approximate surface area is 156 Å². The molecule has 0 spiro atoms. The third-order valence-corrected chi connectivity index (χ3v) is 5.66. The largest absolute Gasteiger partial charge is 0.497 e. The van der Waals surface area contributed by atoms with Gasteiger partial charge in [-0.1, -0.05) is 12.1 Å². The highest BCUT2D eigenvalue weighted by Gasteiger charge is 2.16. The van der Waals surface area contributed by atoms with Crippen LogP contribution >= 0.6 is 11.3 Å². The van der Waals surface area contributed by atoms with Crippen LogP contribution in [0.5, 0.6) is 5.75 Å². The SMILES string of the molecule is COc1ccc(Cc2nc3sc(C)c(C)c3c(=O)n2CCCC#N)cc1. The number of methoxy groups -OCH3 is 1. The highest BCUT2D eigenvalue weighted by Crippen LogP contribution is 2.27. The molecule has 0 bridgehead atoms. The average molecular weight is 367 g/mol. The van der Waals surface area contributed by atoms with Gasteiger partial charge in [0.05, 0.1) is 18.6 Å². The monoisotopic (exact) mass is 367 g/mol. The van der Waals surface area contributed by atoms with Crippen LogP contribution in [0.2, 0.25) is 0 Å². The molecule has 26 heavy (non-hydrogen) atoms. The van der Waals surface area contributed by atoms with Crippen LogP contribution in [0.25, 0.3) is 10.2 Å². The molecule has 0 radical (unpaired) electrons. The molecule has 0 N–H and O–H groups in total. The molecule has 134 valence electrons. The highest BCUT2D eigenvalue weighted by atomic mass is 32.1. The van der Waals surface area contributed by atoms with Crippen molar-refractivity contribution in [2.75, 3.05) is 7.11 Å². The first-order chi connectivity index (χ1) is 12.5. The summed E-state index contributed by atoms with van der Waals surface area (Å²) in [6.07, 6.45) is 1.63. The summed E-state index contributed by atoms with van der Waals surface area (Å²) in [5.74, 6) is 1.54. The minimum atomic E-state index is -0.00157. The van der Waals surface area contributed by atoms with Crippen LogP contribution in [0, 0.1) is 25.2 Å². The quantitative estimate of drug-likeness (QED) is 0.618. The smallest absolute Gasteiger partial charge is 0.262 e. The minimum Gasteiger partial charge on any atom is -0.497 e. The van der Waals surface area contributed by atoms with E-state index in [4.69, 9.17) is 15.0 Å². The number of thiophene rings is 1. The zero-order valence-electron chi connectivity index (χ0n) is 15.2. The summed E-state index contributed by atoms with van der Waals surface area (Å²) < 4.78 is 6.94. The van der Waals surface area contributed by atoms with E-state index in [1.54, 1.807) is 23.0 Å². The Kier molecular flexibility index (Phi) is 5.38. The molecule has 0 aliphatic carbocycles. The Morgan fingerprint density at radius 1 is 1.27 bits per heavy atom. The maximum Gasteiger partial charge on any atom is 0.262 e. The normalized spacial score (nSPS) is 10.8. The van der Waals surface area contributed by atoms with Crippen molar-refractivity contribution in [2.24, 2.45) is 0 Å². The molecule has 0 saturated heterocycles. The van der Waals surface area contributed by atoms with Gasteiger partial charge in [-0.2, -0.15) is 5.26 Å². The maximum atomic E-state index is 13.1. The number of aromatic nitrogens is 2. The molecule has 3 rings (SSSR count). The van der Waals surface area contributed by atoms with E-state index in [1.165, 1.54) is 0 Å². The van der Waals surface area contributed by atoms with Crippen LogP contribution in [-0.2, 0) is 13.0 Å². The fraction of sp³-hybridized carbons (Fsp3) is 0.350. The maximum absolute atomic E-state index is 13.1. The number of nitrogens with zero attached hydrogens (tertiary/aromatic N) is 3. The van der Waals surface area contributed by atoms with Crippen LogP contribution < -0.4 is 10.3 Å². The molecule has 1 aromatic carbocycles. The highest BCUT2D eigenvalue weighted by molar-refractivity contribution is 7.18. The zero-order chi connectivity index (χ0) is 18.7. The first-order valence-electron chi connectivity index (χ1n) is 8.54. The third-order valence-electron chi connectivity index (χ3n) is 4.56. The fourth-order valence-corrected chi connectivity index (χ4v) is 4.02. The number of fused-ring (bicyclic) bond motifs is 1. The first-order valence-corrected chi connectivity index (χ1v) is 9.36. The van der Waals surface area contributed by atoms with Crippen LogP contribution in [0.1, 0.15) is 34.7 Å². The van der Waals surface area contributed by atoms with E-state index in [0.717, 1.165) is 32.4 Å². The summed E-state index contributed by atoms with van der Waals surface area (Å²) in [4.78, 5) is 19.8. The topological polar surface area (TPSA) is 67.9 Å². The van der Waals surface area contributed by atoms with Crippen LogP contribution in [0.3, 0.4) is 0 Å². The van der Waals surface area contributed by atoms with E-state index < -0.39 is 0 Å². The van der Waals surface area contributed by atoms with Gasteiger partial charge in [0.2, 0.25) is 0 Å². The van der Waals surface area contributed by atoms with E-state index in [1.807, 2.05) is 38.1 Å². The second-order valence-electron chi connectivity index (χ2n) is 6.23. The van der Waals surface area contributed by atoms with Gasteiger partial charge in [0.1, 0.15) is 16.4 Å². The van der Waals surface area contributed by atoms with Crippen molar-refractivity contribution in [2.45, 2.75) is 39.7 Å². The number of hydrogen-bond donors (Lipinski definition) is 0. The van der Waals surface area contributed by atoms with E-state index >= 15 is 0 Å². The van der Waals surface area contributed by atoms with Crippen molar-refractivity contribution in [3.63, 3.8) is 0 Å². The second kappa shape index (κ2) is 7.71. The fourth-order valence-electron chi connectivity index (χ4n) is 2.98. The van der Waals surface area contributed by atoms with Crippen molar-refractivity contribution in [3.8, 4) is 11.8 Å². The first kappa shape index (κ1) is 18.2. The standard InChI is InChI=1S/C20H21N3O2S/c1-13-14(2)26-19-18(13)20(24)23(11-5-4-10-21)17(22-19)12-15-6-8-16(25-3)9-7-15/h6-9H,4-5,11-12H2,1-3H3. The molecule has 3 aromatic rings. The van der Waals surface area contributed by atoms with Gasteiger partial charge in [-0.3, -0.25) is 9.36 Å². The van der Waals surface area contributed by atoms with Gasteiger partial charge in [-0.25, -0.2) is 4.98 Å². The van der Waals surface area contributed by atoms with Crippen LogP contribution in [0.15, 0.2) is 29.1 Å². The molecule has 2 heterocycles. The Morgan fingerprint density at radius 3 is 2.65 bits per heavy atom. The molecular formula is C20H21N3O2S. The lowest BCUT2D eigenvalue weighted by Gasteiger charge is -2.12. The molecule has 0 amide bonds. The molecule has 0 aliphatic heterocycles. The van der Waals surface area contributed by atoms with Crippen LogP contribution in [0.4, 0.5) is 0 Å². The molecule has 0 aliphatic rings. The number of rotatable bonds is 6. The predicted octanol–water partition coefficient (Wildman–Crippen LogP) is 3.98. The van der Waals surface area contributed by atoms with Gasteiger partial charge in [0, 0.05) is 24.3 Å². The lowest BCUT2D eigenvalue weighted by Crippen LogP contribution is -2.25. The van der Waals surface area contributed by atoms with Gasteiger partial charge in [0.25, 0.3) is 5.56 Å². The predicted molar refractivity (Wildman–Crippen MR) is 104 cm³/mol. The summed E-state index contributed by atoms with van der Waals surface area (Å²) in [5.41, 5.74) is 2.07. The molecule has 5 nitrogen and oxygen atoms in total. The Morgan fingerprint density at radius 2 is 2.00 bits per heavy atom. The van der Waals surface area contributed by atoms with E-state index in [0.29, 0.717) is 31.2 Å². The summed E-state index contributed by atoms with van der Waals surface area (Å²) >= 11 is 1.56. The number of benzene rings is 1. The summed E-state index contributed by atoms with van der Waals surface area (Å²) in [6, 6.07) is 9.93. The summed E-state index contributed by atoms with van der Waals surface area (Å²) in [7, 11) is 1.64. The van der Waals surface area contributed by atoms with Crippen molar-refractivity contribution in [1.82, 2.24) is 9.55 Å². The molecule has 0 saturated carbocycles.